The largest absolute Gasteiger partial charge is 0.487 e. The van der Waals surface area contributed by atoms with Gasteiger partial charge < -0.3 is 4.74 Å². The fourth-order valence-corrected chi connectivity index (χ4v) is 2.13. The Morgan fingerprint density at radius 1 is 1.33 bits per heavy atom. The van der Waals surface area contributed by atoms with E-state index in [-0.39, 0.29) is 0 Å². The number of hydrogen-bond acceptors (Lipinski definition) is 2. The molecule has 96 valence electrons. The number of rotatable bonds is 4. The Hall–Kier alpha value is -1.48. The fraction of sp³-hybridized carbons (Fsp3) is 0.357. The van der Waals surface area contributed by atoms with Crippen LogP contribution < -0.4 is 4.74 Å². The molecule has 18 heavy (non-hydrogen) atoms. The van der Waals surface area contributed by atoms with Crippen LogP contribution in [0.15, 0.2) is 24.3 Å². The Morgan fingerprint density at radius 2 is 2.06 bits per heavy atom. The second kappa shape index (κ2) is 5.44. The lowest BCUT2D eigenvalue weighted by Crippen LogP contribution is -2.04. The van der Waals surface area contributed by atoms with Crippen LogP contribution in [0.2, 0.25) is 5.02 Å². The highest BCUT2D eigenvalue weighted by atomic mass is 35.5. The Morgan fingerprint density at radius 3 is 2.67 bits per heavy atom. The molecular formula is C14H17ClN2O. The first-order valence-corrected chi connectivity index (χ1v) is 6.40. The summed E-state index contributed by atoms with van der Waals surface area (Å²) < 4.78 is 7.61. The van der Waals surface area contributed by atoms with Crippen LogP contribution in [0.3, 0.4) is 0 Å². The van der Waals surface area contributed by atoms with Crippen molar-refractivity contribution in [2.24, 2.45) is 7.05 Å². The van der Waals surface area contributed by atoms with E-state index in [1.165, 1.54) is 5.56 Å². The number of para-hydroxylation sites is 1. The molecule has 0 unspecified atom stereocenters. The first-order valence-electron chi connectivity index (χ1n) is 6.02. The summed E-state index contributed by atoms with van der Waals surface area (Å²) in [7, 11) is 1.88. The fourth-order valence-electron chi connectivity index (χ4n) is 1.92. The SMILES string of the molecule is CCc1ccccc1OCc1c(Cl)c(C)nn1C. The number of aromatic nitrogens is 2. The van der Waals surface area contributed by atoms with Crippen molar-refractivity contribution in [2.45, 2.75) is 26.9 Å². The van der Waals surface area contributed by atoms with Gasteiger partial charge in [-0.05, 0) is 25.0 Å². The zero-order valence-electron chi connectivity index (χ0n) is 10.9. The van der Waals surface area contributed by atoms with Crippen molar-refractivity contribution in [3.05, 3.63) is 46.2 Å². The molecule has 1 heterocycles. The average Bonchev–Trinajstić information content (AvgIpc) is 2.62. The van der Waals surface area contributed by atoms with E-state index in [9.17, 15) is 0 Å². The molecule has 0 fully saturated rings. The van der Waals surface area contributed by atoms with Crippen molar-refractivity contribution in [3.63, 3.8) is 0 Å². The summed E-state index contributed by atoms with van der Waals surface area (Å²) in [6.45, 7) is 4.45. The number of nitrogens with zero attached hydrogens (tertiary/aromatic N) is 2. The molecular weight excluding hydrogens is 248 g/mol. The lowest BCUT2D eigenvalue weighted by Gasteiger charge is -2.10. The van der Waals surface area contributed by atoms with Gasteiger partial charge in [-0.25, -0.2) is 0 Å². The van der Waals surface area contributed by atoms with Crippen LogP contribution in [-0.4, -0.2) is 9.78 Å². The Balaban J connectivity index is 2.16. The molecule has 0 aliphatic rings. The van der Waals surface area contributed by atoms with Crippen LogP contribution in [0.4, 0.5) is 0 Å². The van der Waals surface area contributed by atoms with E-state index in [0.29, 0.717) is 11.6 Å². The highest BCUT2D eigenvalue weighted by Gasteiger charge is 2.12. The second-order valence-corrected chi connectivity index (χ2v) is 4.60. The third-order valence-electron chi connectivity index (χ3n) is 2.98. The van der Waals surface area contributed by atoms with E-state index in [0.717, 1.165) is 23.6 Å². The van der Waals surface area contributed by atoms with Crippen molar-refractivity contribution < 1.29 is 4.74 Å². The minimum absolute atomic E-state index is 0.438. The van der Waals surface area contributed by atoms with Gasteiger partial charge in [-0.15, -0.1) is 0 Å². The Labute approximate surface area is 112 Å². The molecule has 0 spiro atoms. The predicted octanol–water partition coefficient (Wildman–Crippen LogP) is 3.52. The highest BCUT2D eigenvalue weighted by molar-refractivity contribution is 6.31. The minimum Gasteiger partial charge on any atom is -0.487 e. The van der Waals surface area contributed by atoms with Crippen LogP contribution in [0.5, 0.6) is 5.75 Å². The average molecular weight is 265 g/mol. The van der Waals surface area contributed by atoms with Crippen LogP contribution in [-0.2, 0) is 20.1 Å². The first kappa shape index (κ1) is 13.0. The predicted molar refractivity (Wildman–Crippen MR) is 73.1 cm³/mol. The van der Waals surface area contributed by atoms with E-state index in [1.807, 2.05) is 32.2 Å². The van der Waals surface area contributed by atoms with Crippen molar-refractivity contribution in [2.75, 3.05) is 0 Å². The zero-order chi connectivity index (χ0) is 13.1. The van der Waals surface area contributed by atoms with Crippen LogP contribution in [0.1, 0.15) is 23.9 Å². The molecule has 1 aromatic carbocycles. The van der Waals surface area contributed by atoms with E-state index >= 15 is 0 Å². The summed E-state index contributed by atoms with van der Waals surface area (Å²) in [5, 5.41) is 4.96. The van der Waals surface area contributed by atoms with E-state index in [1.54, 1.807) is 4.68 Å². The molecule has 0 radical (unpaired) electrons. The monoisotopic (exact) mass is 264 g/mol. The maximum absolute atomic E-state index is 6.19. The number of hydrogen-bond donors (Lipinski definition) is 0. The van der Waals surface area contributed by atoms with Gasteiger partial charge in [-0.1, -0.05) is 36.7 Å². The third kappa shape index (κ3) is 2.51. The molecule has 0 saturated carbocycles. The molecule has 4 heteroatoms. The minimum atomic E-state index is 0.438. The van der Waals surface area contributed by atoms with Crippen LogP contribution in [0, 0.1) is 6.92 Å². The quantitative estimate of drug-likeness (QED) is 0.845. The number of halogens is 1. The van der Waals surface area contributed by atoms with Crippen molar-refractivity contribution in [1.29, 1.82) is 0 Å². The molecule has 0 aliphatic heterocycles. The second-order valence-electron chi connectivity index (χ2n) is 4.22. The topological polar surface area (TPSA) is 27.1 Å². The molecule has 2 rings (SSSR count). The summed E-state index contributed by atoms with van der Waals surface area (Å²) in [5.74, 6) is 0.912. The Bertz CT molecular complexity index is 549. The van der Waals surface area contributed by atoms with Gasteiger partial charge in [0, 0.05) is 7.05 Å². The summed E-state index contributed by atoms with van der Waals surface area (Å²) in [4.78, 5) is 0. The van der Waals surface area contributed by atoms with Crippen molar-refractivity contribution in [3.8, 4) is 5.75 Å². The molecule has 0 atom stereocenters. The number of benzene rings is 1. The summed E-state index contributed by atoms with van der Waals surface area (Å²) >= 11 is 6.19. The first-order chi connectivity index (χ1) is 8.63. The van der Waals surface area contributed by atoms with Gasteiger partial charge in [0.15, 0.2) is 0 Å². The van der Waals surface area contributed by atoms with E-state index in [4.69, 9.17) is 16.3 Å². The van der Waals surface area contributed by atoms with Crippen molar-refractivity contribution >= 4 is 11.6 Å². The third-order valence-corrected chi connectivity index (χ3v) is 3.47. The highest BCUT2D eigenvalue weighted by Crippen LogP contribution is 2.23. The molecule has 0 N–H and O–H groups in total. The molecule has 3 nitrogen and oxygen atoms in total. The van der Waals surface area contributed by atoms with E-state index < -0.39 is 0 Å². The molecule has 0 amide bonds. The number of ether oxygens (including phenoxy) is 1. The molecule has 1 aromatic heterocycles. The normalized spacial score (nSPS) is 10.7. The zero-order valence-corrected chi connectivity index (χ0v) is 11.7. The standard InChI is InChI=1S/C14H17ClN2O/c1-4-11-7-5-6-8-13(11)18-9-12-14(15)10(2)16-17(12)3/h5-8H,4,9H2,1-3H3. The van der Waals surface area contributed by atoms with Crippen LogP contribution in [0.25, 0.3) is 0 Å². The van der Waals surface area contributed by atoms with Gasteiger partial charge in [0.2, 0.25) is 0 Å². The van der Waals surface area contributed by atoms with Gasteiger partial charge >= 0.3 is 0 Å². The summed E-state index contributed by atoms with van der Waals surface area (Å²) in [6, 6.07) is 8.05. The molecule has 2 aromatic rings. The maximum Gasteiger partial charge on any atom is 0.131 e. The lowest BCUT2D eigenvalue weighted by molar-refractivity contribution is 0.292. The van der Waals surface area contributed by atoms with Crippen LogP contribution >= 0.6 is 11.6 Å². The van der Waals surface area contributed by atoms with Gasteiger partial charge in [0.1, 0.15) is 12.4 Å². The van der Waals surface area contributed by atoms with Gasteiger partial charge in [-0.3, -0.25) is 4.68 Å². The van der Waals surface area contributed by atoms with Gasteiger partial charge in [0.25, 0.3) is 0 Å². The number of aryl methyl sites for hydroxylation is 3. The van der Waals surface area contributed by atoms with Crippen molar-refractivity contribution in [1.82, 2.24) is 9.78 Å². The molecule has 0 aliphatic carbocycles. The smallest absolute Gasteiger partial charge is 0.131 e. The summed E-state index contributed by atoms with van der Waals surface area (Å²) in [5.41, 5.74) is 2.94. The van der Waals surface area contributed by atoms with Gasteiger partial charge in [0.05, 0.1) is 16.4 Å². The molecule has 0 saturated heterocycles. The lowest BCUT2D eigenvalue weighted by atomic mass is 10.1. The summed E-state index contributed by atoms with van der Waals surface area (Å²) in [6.07, 6.45) is 0.953. The molecule has 0 bridgehead atoms. The van der Waals surface area contributed by atoms with E-state index in [2.05, 4.69) is 18.1 Å². The Kier molecular flexibility index (Phi) is 3.92. The van der Waals surface area contributed by atoms with Gasteiger partial charge in [-0.2, -0.15) is 5.10 Å². The maximum atomic E-state index is 6.19.